The Kier molecular flexibility index (Phi) is 2.00. The Morgan fingerprint density at radius 3 is 2.73 bits per heavy atom. The molecule has 4 rings (SSSR count). The first-order valence-electron chi connectivity index (χ1n) is 5.78. The molecule has 84 valence electrons. The number of esters is 1. The van der Waals surface area contributed by atoms with Gasteiger partial charge in [-0.15, -0.1) is 0 Å². The molecule has 4 fully saturated rings. The van der Waals surface area contributed by atoms with Crippen molar-refractivity contribution in [3.8, 4) is 0 Å². The SMILES string of the molecule is CC1(C)[C@H]2C[C@@H]3CC(=O)O[C@]3(CI)[C@@H]1C2. The summed E-state index contributed by atoms with van der Waals surface area (Å²) in [5, 5.41) is 0. The average molecular weight is 320 g/mol. The molecule has 2 bridgehead atoms. The fraction of sp³-hybridized carbons (Fsp3) is 0.917. The van der Waals surface area contributed by atoms with E-state index in [0.717, 1.165) is 10.3 Å². The van der Waals surface area contributed by atoms with E-state index in [-0.39, 0.29) is 11.6 Å². The molecular weight excluding hydrogens is 303 g/mol. The van der Waals surface area contributed by atoms with Crippen molar-refractivity contribution in [3.05, 3.63) is 0 Å². The van der Waals surface area contributed by atoms with Crippen LogP contribution in [0.3, 0.4) is 0 Å². The lowest BCUT2D eigenvalue weighted by atomic mass is 9.42. The molecule has 0 spiro atoms. The molecule has 2 nitrogen and oxygen atoms in total. The molecule has 4 atom stereocenters. The van der Waals surface area contributed by atoms with Crippen LogP contribution in [-0.2, 0) is 9.53 Å². The number of hydrogen-bond acceptors (Lipinski definition) is 2. The molecule has 0 unspecified atom stereocenters. The van der Waals surface area contributed by atoms with Crippen molar-refractivity contribution in [1.29, 1.82) is 0 Å². The predicted molar refractivity (Wildman–Crippen MR) is 65.8 cm³/mol. The predicted octanol–water partition coefficient (Wildman–Crippen LogP) is 2.79. The first kappa shape index (κ1) is 10.4. The van der Waals surface area contributed by atoms with Gasteiger partial charge in [-0.25, -0.2) is 0 Å². The van der Waals surface area contributed by atoms with E-state index in [4.69, 9.17) is 4.74 Å². The Balaban J connectivity index is 2.00. The second-order valence-electron chi connectivity index (χ2n) is 6.01. The van der Waals surface area contributed by atoms with Crippen molar-refractivity contribution >= 4 is 28.6 Å². The van der Waals surface area contributed by atoms with Crippen LogP contribution in [0.4, 0.5) is 0 Å². The van der Waals surface area contributed by atoms with Gasteiger partial charge in [0.2, 0.25) is 0 Å². The second kappa shape index (κ2) is 2.90. The highest BCUT2D eigenvalue weighted by atomic mass is 127. The maximum absolute atomic E-state index is 11.5. The number of halogens is 1. The van der Waals surface area contributed by atoms with E-state index >= 15 is 0 Å². The highest BCUT2D eigenvalue weighted by Crippen LogP contribution is 2.68. The number of hydrogen-bond donors (Lipinski definition) is 0. The maximum atomic E-state index is 11.5. The molecule has 1 saturated heterocycles. The summed E-state index contributed by atoms with van der Waals surface area (Å²) in [5.74, 6) is 1.99. The van der Waals surface area contributed by atoms with Crippen LogP contribution >= 0.6 is 22.6 Å². The quantitative estimate of drug-likeness (QED) is 0.422. The third kappa shape index (κ3) is 1.08. The monoisotopic (exact) mass is 320 g/mol. The van der Waals surface area contributed by atoms with Crippen molar-refractivity contribution in [2.75, 3.05) is 4.43 Å². The molecule has 0 N–H and O–H groups in total. The Morgan fingerprint density at radius 1 is 1.40 bits per heavy atom. The van der Waals surface area contributed by atoms with Gasteiger partial charge in [-0.05, 0) is 24.2 Å². The van der Waals surface area contributed by atoms with Crippen molar-refractivity contribution in [2.45, 2.75) is 38.7 Å². The number of carbonyl (C=O) groups excluding carboxylic acids is 1. The normalized spacial score (nSPS) is 50.6. The molecule has 0 aromatic carbocycles. The number of ether oxygens (including phenoxy) is 1. The Labute approximate surface area is 104 Å². The third-order valence-corrected chi connectivity index (χ3v) is 6.44. The van der Waals surface area contributed by atoms with Crippen molar-refractivity contribution in [1.82, 2.24) is 0 Å². The van der Waals surface area contributed by atoms with Gasteiger partial charge in [0, 0.05) is 16.3 Å². The van der Waals surface area contributed by atoms with Gasteiger partial charge in [-0.2, -0.15) is 0 Å². The van der Waals surface area contributed by atoms with Gasteiger partial charge in [0.25, 0.3) is 0 Å². The van der Waals surface area contributed by atoms with E-state index in [0.29, 0.717) is 23.7 Å². The first-order chi connectivity index (χ1) is 7.00. The lowest BCUT2D eigenvalue weighted by Gasteiger charge is -2.64. The minimum absolute atomic E-state index is 0.0417. The first-order valence-corrected chi connectivity index (χ1v) is 7.31. The third-order valence-electron chi connectivity index (χ3n) is 5.25. The molecule has 0 aromatic rings. The van der Waals surface area contributed by atoms with Crippen LogP contribution in [0.5, 0.6) is 0 Å². The molecule has 4 aliphatic rings. The zero-order valence-corrected chi connectivity index (χ0v) is 11.4. The van der Waals surface area contributed by atoms with Gasteiger partial charge >= 0.3 is 5.97 Å². The summed E-state index contributed by atoms with van der Waals surface area (Å²) in [7, 11) is 0. The lowest BCUT2D eigenvalue weighted by Crippen LogP contribution is -2.65. The van der Waals surface area contributed by atoms with Crippen molar-refractivity contribution < 1.29 is 9.53 Å². The molecule has 0 radical (unpaired) electrons. The topological polar surface area (TPSA) is 26.3 Å². The summed E-state index contributed by atoms with van der Waals surface area (Å²) in [6.07, 6.45) is 3.16. The fourth-order valence-corrected chi connectivity index (χ4v) is 5.48. The Hall–Kier alpha value is 0.200. The standard InChI is InChI=1S/C12H17IO2/c1-11(2)7-3-8-5-10(14)15-12(8,6-13)9(11)4-7/h7-9H,3-6H2,1-2H3/t7-,8+,9+,12-/m0/s1. The van der Waals surface area contributed by atoms with Gasteiger partial charge in [0.05, 0.1) is 6.42 Å². The van der Waals surface area contributed by atoms with Gasteiger partial charge in [-0.1, -0.05) is 36.4 Å². The van der Waals surface area contributed by atoms with Crippen LogP contribution in [0, 0.1) is 23.2 Å². The molecule has 3 aliphatic carbocycles. The molecule has 15 heavy (non-hydrogen) atoms. The zero-order valence-electron chi connectivity index (χ0n) is 9.25. The van der Waals surface area contributed by atoms with Crippen LogP contribution in [0.15, 0.2) is 0 Å². The van der Waals surface area contributed by atoms with Gasteiger partial charge in [0.1, 0.15) is 5.60 Å². The molecule has 3 saturated carbocycles. The van der Waals surface area contributed by atoms with Crippen molar-refractivity contribution in [2.24, 2.45) is 23.2 Å². The smallest absolute Gasteiger partial charge is 0.306 e. The highest BCUT2D eigenvalue weighted by Gasteiger charge is 2.68. The van der Waals surface area contributed by atoms with Gasteiger partial charge in [0.15, 0.2) is 0 Å². The molecule has 0 aromatic heterocycles. The van der Waals surface area contributed by atoms with E-state index in [1.165, 1.54) is 12.8 Å². The van der Waals surface area contributed by atoms with Gasteiger partial charge < -0.3 is 4.74 Å². The zero-order chi connectivity index (χ0) is 10.8. The minimum Gasteiger partial charge on any atom is -0.458 e. The Bertz CT molecular complexity index is 326. The van der Waals surface area contributed by atoms with E-state index in [1.807, 2.05) is 0 Å². The van der Waals surface area contributed by atoms with Crippen LogP contribution in [-0.4, -0.2) is 16.0 Å². The summed E-state index contributed by atoms with van der Waals surface area (Å²) < 4.78 is 6.72. The highest BCUT2D eigenvalue weighted by molar-refractivity contribution is 14.1. The van der Waals surface area contributed by atoms with E-state index < -0.39 is 0 Å². The summed E-state index contributed by atoms with van der Waals surface area (Å²) in [5.41, 5.74) is 0.294. The number of carbonyl (C=O) groups is 1. The summed E-state index contributed by atoms with van der Waals surface area (Å²) in [6, 6.07) is 0. The second-order valence-corrected chi connectivity index (χ2v) is 6.77. The maximum Gasteiger partial charge on any atom is 0.306 e. The number of rotatable bonds is 1. The molecule has 1 heterocycles. The van der Waals surface area contributed by atoms with Crippen LogP contribution < -0.4 is 0 Å². The van der Waals surface area contributed by atoms with Crippen LogP contribution in [0.25, 0.3) is 0 Å². The summed E-state index contributed by atoms with van der Waals surface area (Å²) in [6.45, 7) is 4.70. The molecule has 1 aliphatic heterocycles. The average Bonchev–Trinajstić information content (AvgIpc) is 2.53. The Morgan fingerprint density at radius 2 is 2.13 bits per heavy atom. The largest absolute Gasteiger partial charge is 0.458 e. The summed E-state index contributed by atoms with van der Waals surface area (Å²) >= 11 is 2.40. The molecule has 0 amide bonds. The minimum atomic E-state index is -0.101. The van der Waals surface area contributed by atoms with Crippen molar-refractivity contribution in [3.63, 3.8) is 0 Å². The number of alkyl halides is 1. The fourth-order valence-electron chi connectivity index (χ4n) is 4.17. The van der Waals surface area contributed by atoms with E-state index in [9.17, 15) is 4.79 Å². The van der Waals surface area contributed by atoms with E-state index in [2.05, 4.69) is 36.4 Å². The lowest BCUT2D eigenvalue weighted by molar-refractivity contribution is -0.211. The molecule has 3 heteroatoms. The van der Waals surface area contributed by atoms with Crippen LogP contribution in [0.2, 0.25) is 0 Å². The van der Waals surface area contributed by atoms with Gasteiger partial charge in [-0.3, -0.25) is 4.79 Å². The molecular formula is C12H17IO2. The van der Waals surface area contributed by atoms with E-state index in [1.54, 1.807) is 0 Å². The summed E-state index contributed by atoms with van der Waals surface area (Å²) in [4.78, 5) is 11.5. The van der Waals surface area contributed by atoms with Crippen LogP contribution in [0.1, 0.15) is 33.1 Å².